The van der Waals surface area contributed by atoms with Gasteiger partial charge in [-0.05, 0) is 33.3 Å². The van der Waals surface area contributed by atoms with Gasteiger partial charge in [-0.3, -0.25) is 9.59 Å². The lowest BCUT2D eigenvalue weighted by atomic mass is 9.42. The van der Waals surface area contributed by atoms with Crippen molar-refractivity contribution in [3.05, 3.63) is 29.8 Å². The Balaban J connectivity index is 2.20. The average Bonchev–Trinajstić information content (AvgIpc) is 2.60. The summed E-state index contributed by atoms with van der Waals surface area (Å²) in [5.41, 5.74) is -0.918. The van der Waals surface area contributed by atoms with Crippen LogP contribution in [0.2, 0.25) is 0 Å². The molecule has 0 saturated heterocycles. The van der Waals surface area contributed by atoms with Gasteiger partial charge in [-0.25, -0.2) is 0 Å². The van der Waals surface area contributed by atoms with Crippen LogP contribution in [0, 0.1) is 5.41 Å². The van der Waals surface area contributed by atoms with Crippen molar-refractivity contribution in [1.29, 1.82) is 0 Å². The Morgan fingerprint density at radius 2 is 1.92 bits per heavy atom. The summed E-state index contributed by atoms with van der Waals surface area (Å²) in [5, 5.41) is 0. The molecule has 136 valence electrons. The second-order valence-corrected chi connectivity index (χ2v) is 6.74. The molecule has 1 fully saturated rings. The molecule has 3 atom stereocenters. The molecular formula is C20H27NO4. The number of hydrogen-bond donors (Lipinski definition) is 0. The maximum Gasteiger partial charge on any atom is 0.328 e. The standard InChI is InChI=1S/C20H27NO4/c1-5-19-14-11-9-10-12-15(14)25-18(23)20(19,13-16(19)24-8-4)17(22)21(6-2)7-3/h9-12,16H,5-8,13H2,1-4H3/t16-,19+,20-/m0/s1. The maximum atomic E-state index is 13.4. The first-order chi connectivity index (χ1) is 12.0. The first-order valence-corrected chi connectivity index (χ1v) is 9.26. The molecule has 0 unspecified atom stereocenters. The van der Waals surface area contributed by atoms with Crippen LogP contribution >= 0.6 is 0 Å². The second kappa shape index (κ2) is 6.45. The fourth-order valence-corrected chi connectivity index (χ4v) is 4.83. The number of fused-ring (bicyclic) bond motifs is 3. The number of ether oxygens (including phenoxy) is 2. The molecule has 1 saturated carbocycles. The van der Waals surface area contributed by atoms with E-state index in [9.17, 15) is 9.59 Å². The summed E-state index contributed by atoms with van der Waals surface area (Å²) >= 11 is 0. The van der Waals surface area contributed by atoms with Gasteiger partial charge in [0.05, 0.1) is 11.5 Å². The van der Waals surface area contributed by atoms with Crippen LogP contribution < -0.4 is 4.74 Å². The Morgan fingerprint density at radius 1 is 1.24 bits per heavy atom. The normalized spacial score (nSPS) is 29.9. The van der Waals surface area contributed by atoms with Crippen molar-refractivity contribution < 1.29 is 19.1 Å². The van der Waals surface area contributed by atoms with Crippen molar-refractivity contribution >= 4 is 11.9 Å². The molecule has 1 aromatic rings. The molecule has 3 rings (SSSR count). The summed E-state index contributed by atoms with van der Waals surface area (Å²) < 4.78 is 11.6. The van der Waals surface area contributed by atoms with E-state index in [-0.39, 0.29) is 12.0 Å². The third-order valence-electron chi connectivity index (χ3n) is 6.06. The van der Waals surface area contributed by atoms with Crippen molar-refractivity contribution in [2.75, 3.05) is 19.7 Å². The summed E-state index contributed by atoms with van der Waals surface area (Å²) in [7, 11) is 0. The monoisotopic (exact) mass is 345 g/mol. The SMILES string of the molecule is CCO[C@H]1C[C@]2(C(=O)N(CC)CC)C(=O)Oc3ccccc3[C@]12CC. The predicted octanol–water partition coefficient (Wildman–Crippen LogP) is 2.92. The number of amides is 1. The van der Waals surface area contributed by atoms with E-state index in [4.69, 9.17) is 9.47 Å². The zero-order valence-electron chi connectivity index (χ0n) is 15.5. The fourth-order valence-electron chi connectivity index (χ4n) is 4.83. The first kappa shape index (κ1) is 17.9. The number of carbonyl (C=O) groups excluding carboxylic acids is 2. The van der Waals surface area contributed by atoms with Crippen molar-refractivity contribution in [2.45, 2.75) is 52.1 Å². The summed E-state index contributed by atoms with van der Waals surface area (Å²) in [6, 6.07) is 7.56. The van der Waals surface area contributed by atoms with Crippen molar-refractivity contribution in [3.63, 3.8) is 0 Å². The molecule has 1 aromatic carbocycles. The number of carbonyl (C=O) groups is 2. The quantitative estimate of drug-likeness (QED) is 0.452. The molecule has 25 heavy (non-hydrogen) atoms. The molecule has 1 heterocycles. The molecule has 0 bridgehead atoms. The van der Waals surface area contributed by atoms with Gasteiger partial charge in [-0.2, -0.15) is 0 Å². The lowest BCUT2D eigenvalue weighted by molar-refractivity contribution is -0.209. The first-order valence-electron chi connectivity index (χ1n) is 9.26. The van der Waals surface area contributed by atoms with E-state index < -0.39 is 16.8 Å². The summed E-state index contributed by atoms with van der Waals surface area (Å²) in [4.78, 5) is 28.3. The lowest BCUT2D eigenvalue weighted by Gasteiger charge is -2.63. The molecule has 0 radical (unpaired) electrons. The highest BCUT2D eigenvalue weighted by molar-refractivity contribution is 6.08. The van der Waals surface area contributed by atoms with Crippen LogP contribution in [0.1, 0.15) is 46.1 Å². The van der Waals surface area contributed by atoms with Gasteiger partial charge in [0.15, 0.2) is 5.41 Å². The number of esters is 1. The van der Waals surface area contributed by atoms with Gasteiger partial charge in [0.2, 0.25) is 5.91 Å². The molecule has 1 aliphatic heterocycles. The van der Waals surface area contributed by atoms with Crippen molar-refractivity contribution in [3.8, 4) is 5.75 Å². The summed E-state index contributed by atoms with van der Waals surface area (Å²) in [6.07, 6.45) is 0.879. The molecule has 0 spiro atoms. The molecule has 1 aliphatic carbocycles. The van der Waals surface area contributed by atoms with E-state index in [0.717, 1.165) is 5.56 Å². The highest BCUT2D eigenvalue weighted by atomic mass is 16.5. The number of nitrogens with zero attached hydrogens (tertiary/aromatic N) is 1. The Bertz CT molecular complexity index is 684. The topological polar surface area (TPSA) is 55.8 Å². The van der Waals surface area contributed by atoms with E-state index in [0.29, 0.717) is 38.3 Å². The number of rotatable bonds is 6. The number of para-hydroxylation sites is 1. The van der Waals surface area contributed by atoms with E-state index in [1.165, 1.54) is 0 Å². The summed E-state index contributed by atoms with van der Waals surface area (Å²) in [5.74, 6) is -0.00238. The van der Waals surface area contributed by atoms with Crippen LogP contribution in [0.15, 0.2) is 24.3 Å². The van der Waals surface area contributed by atoms with Crippen LogP contribution in [-0.4, -0.2) is 42.6 Å². The number of hydrogen-bond acceptors (Lipinski definition) is 4. The molecule has 2 aliphatic rings. The van der Waals surface area contributed by atoms with Gasteiger partial charge in [-0.1, -0.05) is 25.1 Å². The van der Waals surface area contributed by atoms with Crippen LogP contribution in [0.25, 0.3) is 0 Å². The maximum absolute atomic E-state index is 13.4. The minimum absolute atomic E-state index is 0.130. The number of benzene rings is 1. The van der Waals surface area contributed by atoms with Gasteiger partial charge in [0.25, 0.3) is 0 Å². The Hall–Kier alpha value is -1.88. The predicted molar refractivity (Wildman–Crippen MR) is 94.4 cm³/mol. The molecule has 0 aromatic heterocycles. The minimum atomic E-state index is -1.18. The average molecular weight is 345 g/mol. The van der Waals surface area contributed by atoms with Gasteiger partial charge in [0, 0.05) is 31.7 Å². The van der Waals surface area contributed by atoms with Crippen molar-refractivity contribution in [2.24, 2.45) is 5.41 Å². The minimum Gasteiger partial charge on any atom is -0.425 e. The van der Waals surface area contributed by atoms with Gasteiger partial charge in [0.1, 0.15) is 5.75 Å². The molecule has 5 nitrogen and oxygen atoms in total. The zero-order chi connectivity index (χ0) is 18.2. The van der Waals surface area contributed by atoms with E-state index >= 15 is 0 Å². The van der Waals surface area contributed by atoms with E-state index in [1.807, 2.05) is 45.9 Å². The second-order valence-electron chi connectivity index (χ2n) is 6.74. The Labute approximate surface area is 149 Å². The molecular weight excluding hydrogens is 318 g/mol. The van der Waals surface area contributed by atoms with Crippen LogP contribution in [0.3, 0.4) is 0 Å². The zero-order valence-corrected chi connectivity index (χ0v) is 15.5. The lowest BCUT2D eigenvalue weighted by Crippen LogP contribution is -2.76. The fraction of sp³-hybridized carbons (Fsp3) is 0.600. The third kappa shape index (κ3) is 2.11. The largest absolute Gasteiger partial charge is 0.425 e. The van der Waals surface area contributed by atoms with Gasteiger partial charge in [-0.15, -0.1) is 0 Å². The van der Waals surface area contributed by atoms with E-state index in [1.54, 1.807) is 11.0 Å². The van der Waals surface area contributed by atoms with Crippen molar-refractivity contribution in [1.82, 2.24) is 4.90 Å². The Morgan fingerprint density at radius 3 is 2.52 bits per heavy atom. The molecule has 1 amide bonds. The molecule has 5 heteroatoms. The Kier molecular flexibility index (Phi) is 4.62. The van der Waals surface area contributed by atoms with Crippen LogP contribution in [0.5, 0.6) is 5.75 Å². The van der Waals surface area contributed by atoms with Gasteiger partial charge < -0.3 is 14.4 Å². The van der Waals surface area contributed by atoms with Crippen LogP contribution in [0.4, 0.5) is 0 Å². The third-order valence-corrected chi connectivity index (χ3v) is 6.06. The summed E-state index contributed by atoms with van der Waals surface area (Å²) in [6.45, 7) is 9.56. The molecule has 0 N–H and O–H groups in total. The highest BCUT2D eigenvalue weighted by Gasteiger charge is 2.77. The van der Waals surface area contributed by atoms with E-state index in [2.05, 4.69) is 0 Å². The van der Waals surface area contributed by atoms with Gasteiger partial charge >= 0.3 is 5.97 Å². The highest BCUT2D eigenvalue weighted by Crippen LogP contribution is 2.66. The smallest absolute Gasteiger partial charge is 0.328 e. The van der Waals surface area contributed by atoms with Crippen LogP contribution in [-0.2, 0) is 19.7 Å².